The smallest absolute Gasteiger partial charge is 0.213 e. The van der Waals surface area contributed by atoms with Crippen LogP contribution in [0.4, 0.5) is 0 Å². The second kappa shape index (κ2) is 7.51. The van der Waals surface area contributed by atoms with Gasteiger partial charge in [0.25, 0.3) is 0 Å². The fourth-order valence-corrected chi connectivity index (χ4v) is 4.52. The first-order valence-electron chi connectivity index (χ1n) is 9.79. The summed E-state index contributed by atoms with van der Waals surface area (Å²) in [6.07, 6.45) is 1.61. The quantitative estimate of drug-likeness (QED) is 0.418. The Labute approximate surface area is 184 Å². The van der Waals surface area contributed by atoms with Gasteiger partial charge in [-0.1, -0.05) is 70.9 Å². The standard InChI is InChI=1S/C24H20BrClN2O/c1-2-15-3-5-16(6-4-15)21-14-22-20-13-18(25)9-12-23(20)29-24(28(22)27-21)17-7-10-19(26)11-8-17/h3-13,22,24H,2,14H2,1H3/t22-,24+/m0/s1. The Morgan fingerprint density at radius 1 is 1.07 bits per heavy atom. The third kappa shape index (κ3) is 3.45. The minimum absolute atomic E-state index is 0.137. The number of ether oxygens (including phenoxy) is 1. The SMILES string of the molecule is CCc1ccc(C2=NN3[C@@H](c4ccc(Cl)cc4)Oc4ccc(Br)cc4[C@@H]3C2)cc1. The molecule has 0 radical (unpaired) electrons. The first-order valence-corrected chi connectivity index (χ1v) is 11.0. The molecule has 2 atom stereocenters. The molecule has 2 aliphatic rings. The highest BCUT2D eigenvalue weighted by atomic mass is 79.9. The predicted molar refractivity (Wildman–Crippen MR) is 121 cm³/mol. The third-order valence-electron chi connectivity index (χ3n) is 5.60. The average molecular weight is 468 g/mol. The zero-order chi connectivity index (χ0) is 20.0. The maximum Gasteiger partial charge on any atom is 0.213 e. The van der Waals surface area contributed by atoms with E-state index in [9.17, 15) is 0 Å². The predicted octanol–water partition coefficient (Wildman–Crippen LogP) is 6.91. The highest BCUT2D eigenvalue weighted by molar-refractivity contribution is 9.10. The van der Waals surface area contributed by atoms with Gasteiger partial charge in [-0.2, -0.15) is 5.10 Å². The number of rotatable bonds is 3. The molecule has 0 unspecified atom stereocenters. The number of fused-ring (bicyclic) bond motifs is 3. The van der Waals surface area contributed by atoms with Crippen molar-refractivity contribution in [2.75, 3.05) is 0 Å². The van der Waals surface area contributed by atoms with Crippen LogP contribution in [0.15, 0.2) is 76.3 Å². The normalized spacial score (nSPS) is 20.0. The van der Waals surface area contributed by atoms with E-state index in [1.54, 1.807) is 0 Å². The van der Waals surface area contributed by atoms with Gasteiger partial charge in [-0.15, -0.1) is 0 Å². The van der Waals surface area contributed by atoms with Crippen LogP contribution in [0.3, 0.4) is 0 Å². The van der Waals surface area contributed by atoms with Crippen molar-refractivity contribution in [2.24, 2.45) is 5.10 Å². The van der Waals surface area contributed by atoms with Gasteiger partial charge in [-0.3, -0.25) is 0 Å². The molecule has 3 aromatic carbocycles. The average Bonchev–Trinajstić information content (AvgIpc) is 3.20. The largest absolute Gasteiger partial charge is 0.464 e. The minimum atomic E-state index is -0.279. The van der Waals surface area contributed by atoms with Crippen LogP contribution in [0.1, 0.15) is 47.9 Å². The minimum Gasteiger partial charge on any atom is -0.464 e. The van der Waals surface area contributed by atoms with Crippen molar-refractivity contribution in [3.05, 3.63) is 98.5 Å². The fourth-order valence-electron chi connectivity index (χ4n) is 4.01. The zero-order valence-corrected chi connectivity index (χ0v) is 18.3. The second-order valence-electron chi connectivity index (χ2n) is 7.40. The fraction of sp³-hybridized carbons (Fsp3) is 0.208. The van der Waals surface area contributed by atoms with Crippen LogP contribution in [0.2, 0.25) is 5.02 Å². The van der Waals surface area contributed by atoms with Crippen molar-refractivity contribution in [2.45, 2.75) is 32.0 Å². The number of hydrogen-bond donors (Lipinski definition) is 0. The van der Waals surface area contributed by atoms with Crippen molar-refractivity contribution in [3.8, 4) is 5.75 Å². The lowest BCUT2D eigenvalue weighted by atomic mass is 9.95. The molecule has 0 fully saturated rings. The molecule has 5 rings (SSSR count). The number of halogens is 2. The van der Waals surface area contributed by atoms with Crippen LogP contribution in [-0.4, -0.2) is 10.7 Å². The van der Waals surface area contributed by atoms with Gasteiger partial charge in [-0.05, 0) is 47.9 Å². The van der Waals surface area contributed by atoms with E-state index in [0.717, 1.165) is 39.9 Å². The van der Waals surface area contributed by atoms with Crippen molar-refractivity contribution in [3.63, 3.8) is 0 Å². The summed E-state index contributed by atoms with van der Waals surface area (Å²) in [4.78, 5) is 0. The summed E-state index contributed by atoms with van der Waals surface area (Å²) >= 11 is 9.71. The molecule has 3 nitrogen and oxygen atoms in total. The van der Waals surface area contributed by atoms with Gasteiger partial charge in [0.15, 0.2) is 0 Å². The van der Waals surface area contributed by atoms with E-state index >= 15 is 0 Å². The summed E-state index contributed by atoms with van der Waals surface area (Å²) in [7, 11) is 0. The Kier molecular flexibility index (Phi) is 4.84. The lowest BCUT2D eigenvalue weighted by molar-refractivity contribution is -0.0190. The van der Waals surface area contributed by atoms with Crippen LogP contribution in [0.5, 0.6) is 5.75 Å². The Balaban J connectivity index is 1.57. The summed E-state index contributed by atoms with van der Waals surface area (Å²) in [6, 6.07) is 22.9. The van der Waals surface area contributed by atoms with Gasteiger partial charge >= 0.3 is 0 Å². The first-order chi connectivity index (χ1) is 14.1. The summed E-state index contributed by atoms with van der Waals surface area (Å²) in [5, 5.41) is 7.83. The molecule has 5 heteroatoms. The molecule has 146 valence electrons. The van der Waals surface area contributed by atoms with E-state index in [-0.39, 0.29) is 12.3 Å². The summed E-state index contributed by atoms with van der Waals surface area (Å²) in [5.41, 5.74) is 5.80. The van der Waals surface area contributed by atoms with Gasteiger partial charge in [0.2, 0.25) is 6.23 Å². The Morgan fingerprint density at radius 2 is 1.83 bits per heavy atom. The number of hydrazone groups is 1. The molecule has 0 aliphatic carbocycles. The van der Waals surface area contributed by atoms with Crippen molar-refractivity contribution in [1.82, 2.24) is 5.01 Å². The van der Waals surface area contributed by atoms with Gasteiger partial charge in [0.1, 0.15) is 5.75 Å². The molecular formula is C24H20BrClN2O. The number of hydrogen-bond acceptors (Lipinski definition) is 3. The van der Waals surface area contributed by atoms with Crippen LogP contribution >= 0.6 is 27.5 Å². The van der Waals surface area contributed by atoms with Gasteiger partial charge < -0.3 is 4.74 Å². The zero-order valence-electron chi connectivity index (χ0n) is 16.0. The molecule has 0 spiro atoms. The Bertz CT molecular complexity index is 1080. The van der Waals surface area contributed by atoms with Crippen LogP contribution in [0, 0.1) is 0 Å². The molecule has 2 aliphatic heterocycles. The molecule has 0 bridgehead atoms. The summed E-state index contributed by atoms with van der Waals surface area (Å²) in [5.74, 6) is 0.909. The Hall–Kier alpha value is -2.30. The number of aryl methyl sites for hydroxylation is 1. The third-order valence-corrected chi connectivity index (χ3v) is 6.35. The van der Waals surface area contributed by atoms with Crippen molar-refractivity contribution < 1.29 is 4.74 Å². The molecule has 29 heavy (non-hydrogen) atoms. The van der Waals surface area contributed by atoms with E-state index in [4.69, 9.17) is 21.4 Å². The molecule has 0 saturated heterocycles. The maximum absolute atomic E-state index is 6.40. The van der Waals surface area contributed by atoms with E-state index in [0.29, 0.717) is 5.02 Å². The monoisotopic (exact) mass is 466 g/mol. The van der Waals surface area contributed by atoms with Gasteiger partial charge in [0.05, 0.1) is 11.8 Å². The summed E-state index contributed by atoms with van der Waals surface area (Å²) in [6.45, 7) is 2.17. The van der Waals surface area contributed by atoms with Crippen LogP contribution < -0.4 is 4.74 Å². The number of benzene rings is 3. The molecular weight excluding hydrogens is 448 g/mol. The van der Waals surface area contributed by atoms with E-state index < -0.39 is 0 Å². The van der Waals surface area contributed by atoms with Crippen LogP contribution in [-0.2, 0) is 6.42 Å². The molecule has 2 heterocycles. The van der Waals surface area contributed by atoms with Crippen LogP contribution in [0.25, 0.3) is 0 Å². The highest BCUT2D eigenvalue weighted by Gasteiger charge is 2.41. The number of nitrogens with zero attached hydrogens (tertiary/aromatic N) is 2. The molecule has 0 aromatic heterocycles. The van der Waals surface area contributed by atoms with Crippen molar-refractivity contribution in [1.29, 1.82) is 0 Å². The molecule has 0 saturated carbocycles. The van der Waals surface area contributed by atoms with E-state index in [1.807, 2.05) is 36.4 Å². The molecule has 0 amide bonds. The lowest BCUT2D eigenvalue weighted by Crippen LogP contribution is -2.33. The topological polar surface area (TPSA) is 24.8 Å². The van der Waals surface area contributed by atoms with Gasteiger partial charge in [0, 0.05) is 27.0 Å². The molecule has 3 aromatic rings. The van der Waals surface area contributed by atoms with Gasteiger partial charge in [-0.25, -0.2) is 5.01 Å². The Morgan fingerprint density at radius 3 is 2.55 bits per heavy atom. The highest BCUT2D eigenvalue weighted by Crippen LogP contribution is 2.48. The lowest BCUT2D eigenvalue weighted by Gasteiger charge is -2.38. The summed E-state index contributed by atoms with van der Waals surface area (Å²) < 4.78 is 7.45. The van der Waals surface area contributed by atoms with E-state index in [1.165, 1.54) is 11.1 Å². The van der Waals surface area contributed by atoms with Crippen molar-refractivity contribution >= 4 is 33.2 Å². The second-order valence-corrected chi connectivity index (χ2v) is 8.75. The maximum atomic E-state index is 6.40. The first kappa shape index (κ1) is 18.7. The van der Waals surface area contributed by atoms with E-state index in [2.05, 4.69) is 58.2 Å². The molecule has 0 N–H and O–H groups in total.